The number of halogens is 2. The number of hydrogen-bond acceptors (Lipinski definition) is 2. The molecule has 0 aliphatic carbocycles. The van der Waals surface area contributed by atoms with Crippen LogP contribution in [0.2, 0.25) is 0 Å². The van der Waals surface area contributed by atoms with Crippen molar-refractivity contribution in [2.75, 3.05) is 14.2 Å². The molecule has 21 heavy (non-hydrogen) atoms. The smallest absolute Gasteiger partial charge is 0.127 e. The third kappa shape index (κ3) is 2.98. The first-order chi connectivity index (χ1) is 9.99. The van der Waals surface area contributed by atoms with E-state index in [0.717, 1.165) is 22.3 Å². The summed E-state index contributed by atoms with van der Waals surface area (Å²) in [7, 11) is 3.18. The monoisotopic (exact) mass is 308 g/mol. The highest BCUT2D eigenvalue weighted by Gasteiger charge is 2.23. The highest BCUT2D eigenvalue weighted by atomic mass is 35.5. The van der Waals surface area contributed by atoms with E-state index in [0.29, 0.717) is 11.5 Å². The van der Waals surface area contributed by atoms with Crippen molar-refractivity contribution in [2.45, 2.75) is 19.2 Å². The van der Waals surface area contributed by atoms with Gasteiger partial charge in [-0.25, -0.2) is 4.39 Å². The Morgan fingerprint density at radius 2 is 1.43 bits per heavy atom. The fraction of sp³-hybridized carbons (Fsp3) is 0.294. The van der Waals surface area contributed by atoms with Crippen molar-refractivity contribution in [1.29, 1.82) is 0 Å². The van der Waals surface area contributed by atoms with Crippen LogP contribution in [0.3, 0.4) is 0 Å². The van der Waals surface area contributed by atoms with Crippen LogP contribution in [-0.4, -0.2) is 14.2 Å². The largest absolute Gasteiger partial charge is 0.496 e. The van der Waals surface area contributed by atoms with Crippen molar-refractivity contribution in [2.24, 2.45) is 0 Å². The van der Waals surface area contributed by atoms with Gasteiger partial charge in [0.2, 0.25) is 0 Å². The molecule has 0 radical (unpaired) electrons. The zero-order valence-corrected chi connectivity index (χ0v) is 13.3. The third-order valence-corrected chi connectivity index (χ3v) is 3.97. The molecule has 0 bridgehead atoms. The first-order valence-corrected chi connectivity index (χ1v) is 7.04. The van der Waals surface area contributed by atoms with Crippen LogP contribution in [0.1, 0.15) is 27.6 Å². The molecule has 2 aromatic rings. The van der Waals surface area contributed by atoms with E-state index in [-0.39, 0.29) is 5.82 Å². The minimum Gasteiger partial charge on any atom is -0.496 e. The van der Waals surface area contributed by atoms with Gasteiger partial charge in [-0.15, -0.1) is 11.6 Å². The summed E-state index contributed by atoms with van der Waals surface area (Å²) in [6.07, 6.45) is 0. The molecule has 1 unspecified atom stereocenters. The molecule has 0 aromatic heterocycles. The fourth-order valence-electron chi connectivity index (χ4n) is 2.60. The van der Waals surface area contributed by atoms with Gasteiger partial charge in [0.1, 0.15) is 17.3 Å². The van der Waals surface area contributed by atoms with E-state index < -0.39 is 5.38 Å². The first-order valence-electron chi connectivity index (χ1n) is 6.61. The summed E-state index contributed by atoms with van der Waals surface area (Å²) in [6.45, 7) is 3.70. The second kappa shape index (κ2) is 6.35. The van der Waals surface area contributed by atoms with Crippen LogP contribution >= 0.6 is 11.6 Å². The molecular weight excluding hydrogens is 291 g/mol. The van der Waals surface area contributed by atoms with Crippen molar-refractivity contribution in [3.05, 3.63) is 58.4 Å². The summed E-state index contributed by atoms with van der Waals surface area (Å²) in [6, 6.07) is 8.48. The Kier molecular flexibility index (Phi) is 4.73. The Labute approximate surface area is 129 Å². The quantitative estimate of drug-likeness (QED) is 0.756. The van der Waals surface area contributed by atoms with E-state index >= 15 is 0 Å². The molecule has 2 rings (SSSR count). The first kappa shape index (κ1) is 15.6. The zero-order chi connectivity index (χ0) is 15.6. The summed E-state index contributed by atoms with van der Waals surface area (Å²) in [5, 5.41) is -0.475. The maximum absolute atomic E-state index is 13.5. The topological polar surface area (TPSA) is 18.5 Å². The Balaban J connectivity index is 2.62. The Morgan fingerprint density at radius 3 is 1.86 bits per heavy atom. The van der Waals surface area contributed by atoms with E-state index in [1.807, 2.05) is 32.0 Å². The molecule has 0 heterocycles. The number of methoxy groups -OCH3 is 2. The average molecular weight is 309 g/mol. The van der Waals surface area contributed by atoms with E-state index in [1.54, 1.807) is 14.2 Å². The standard InChI is InChI=1S/C17H18ClFO2/c1-10-8-12(19)9-11(2)15(10)17(18)16-13(20-3)6-5-7-14(16)21-4/h5-9,17H,1-4H3. The van der Waals surface area contributed by atoms with Crippen molar-refractivity contribution in [3.8, 4) is 11.5 Å². The van der Waals surface area contributed by atoms with Crippen LogP contribution < -0.4 is 9.47 Å². The predicted molar refractivity (Wildman–Crippen MR) is 83.1 cm³/mol. The fourth-order valence-corrected chi connectivity index (χ4v) is 3.15. The summed E-state index contributed by atoms with van der Waals surface area (Å²) in [5.74, 6) is 1.04. The van der Waals surface area contributed by atoms with Crippen LogP contribution in [0.4, 0.5) is 4.39 Å². The molecule has 0 fully saturated rings. The number of aryl methyl sites for hydroxylation is 2. The van der Waals surface area contributed by atoms with Crippen LogP contribution in [0.15, 0.2) is 30.3 Å². The molecule has 4 heteroatoms. The lowest BCUT2D eigenvalue weighted by atomic mass is 9.94. The molecule has 0 amide bonds. The average Bonchev–Trinajstić information content (AvgIpc) is 2.44. The maximum Gasteiger partial charge on any atom is 0.127 e. The van der Waals surface area contributed by atoms with Gasteiger partial charge in [-0.05, 0) is 54.8 Å². The van der Waals surface area contributed by atoms with Crippen LogP contribution in [0.5, 0.6) is 11.5 Å². The lowest BCUT2D eigenvalue weighted by Gasteiger charge is -2.21. The van der Waals surface area contributed by atoms with Crippen molar-refractivity contribution in [3.63, 3.8) is 0 Å². The number of benzene rings is 2. The Morgan fingerprint density at radius 1 is 0.952 bits per heavy atom. The van der Waals surface area contributed by atoms with E-state index in [1.165, 1.54) is 12.1 Å². The lowest BCUT2D eigenvalue weighted by molar-refractivity contribution is 0.386. The molecule has 0 aliphatic rings. The lowest BCUT2D eigenvalue weighted by Crippen LogP contribution is -2.05. The van der Waals surface area contributed by atoms with E-state index in [4.69, 9.17) is 21.1 Å². The number of hydrogen-bond donors (Lipinski definition) is 0. The SMILES string of the molecule is COc1cccc(OC)c1C(Cl)c1c(C)cc(F)cc1C. The molecule has 0 saturated heterocycles. The van der Waals surface area contributed by atoms with Gasteiger partial charge in [0, 0.05) is 0 Å². The van der Waals surface area contributed by atoms with E-state index in [9.17, 15) is 4.39 Å². The van der Waals surface area contributed by atoms with Gasteiger partial charge in [0.15, 0.2) is 0 Å². The minimum absolute atomic E-state index is 0.260. The third-order valence-electron chi connectivity index (χ3n) is 3.53. The van der Waals surface area contributed by atoms with Crippen molar-refractivity contribution in [1.82, 2.24) is 0 Å². The van der Waals surface area contributed by atoms with Gasteiger partial charge in [-0.2, -0.15) is 0 Å². The van der Waals surface area contributed by atoms with E-state index in [2.05, 4.69) is 0 Å². The van der Waals surface area contributed by atoms with Gasteiger partial charge in [-0.3, -0.25) is 0 Å². The molecule has 0 spiro atoms. The second-order valence-corrected chi connectivity index (χ2v) is 5.33. The molecule has 1 atom stereocenters. The van der Waals surface area contributed by atoms with Crippen molar-refractivity contribution < 1.29 is 13.9 Å². The summed E-state index contributed by atoms with van der Waals surface area (Å²) < 4.78 is 24.3. The van der Waals surface area contributed by atoms with Crippen LogP contribution in [-0.2, 0) is 0 Å². The number of rotatable bonds is 4. The van der Waals surface area contributed by atoms with Gasteiger partial charge >= 0.3 is 0 Å². The summed E-state index contributed by atoms with van der Waals surface area (Å²) in [5.41, 5.74) is 3.24. The van der Waals surface area contributed by atoms with Crippen molar-refractivity contribution >= 4 is 11.6 Å². The minimum atomic E-state index is -0.475. The van der Waals surface area contributed by atoms with Gasteiger partial charge < -0.3 is 9.47 Å². The molecule has 112 valence electrons. The second-order valence-electron chi connectivity index (χ2n) is 4.89. The molecule has 2 aromatic carbocycles. The van der Waals surface area contributed by atoms with Gasteiger partial charge in [0.05, 0.1) is 25.2 Å². The normalized spacial score (nSPS) is 12.1. The molecule has 0 aliphatic heterocycles. The molecule has 0 saturated carbocycles. The number of ether oxygens (including phenoxy) is 2. The highest BCUT2D eigenvalue weighted by molar-refractivity contribution is 6.23. The van der Waals surface area contributed by atoms with Gasteiger partial charge in [0.25, 0.3) is 0 Å². The highest BCUT2D eigenvalue weighted by Crippen LogP contribution is 2.43. The number of alkyl halides is 1. The molecule has 2 nitrogen and oxygen atoms in total. The van der Waals surface area contributed by atoms with Crippen LogP contribution in [0.25, 0.3) is 0 Å². The molecule has 0 N–H and O–H groups in total. The summed E-state index contributed by atoms with van der Waals surface area (Å²) in [4.78, 5) is 0. The summed E-state index contributed by atoms with van der Waals surface area (Å²) >= 11 is 6.68. The molecular formula is C17H18ClFO2. The predicted octanol–water partition coefficient (Wildman–Crippen LogP) is 4.79. The van der Waals surface area contributed by atoms with Crippen LogP contribution in [0, 0.1) is 19.7 Å². The maximum atomic E-state index is 13.5. The Hall–Kier alpha value is -1.74. The zero-order valence-electron chi connectivity index (χ0n) is 12.5. The Bertz CT molecular complexity index is 610. The van der Waals surface area contributed by atoms with Gasteiger partial charge in [-0.1, -0.05) is 6.07 Å².